The Hall–Kier alpha value is -2.17. The van der Waals surface area contributed by atoms with Crippen LogP contribution in [0.4, 0.5) is 0 Å². The normalized spacial score (nSPS) is 35.1. The van der Waals surface area contributed by atoms with Gasteiger partial charge in [-0.2, -0.15) is 0 Å². The van der Waals surface area contributed by atoms with Gasteiger partial charge in [0.05, 0.1) is 17.8 Å². The third-order valence-corrected chi connectivity index (χ3v) is 4.50. The van der Waals surface area contributed by atoms with Crippen LogP contribution in [0, 0.1) is 11.8 Å². The smallest absolute Gasteiger partial charge is 0.318 e. The molecule has 1 saturated carbocycles. The van der Waals surface area contributed by atoms with E-state index in [-0.39, 0.29) is 23.9 Å². The fourth-order valence-electron chi connectivity index (χ4n) is 3.80. The molecule has 5 rings (SSSR count). The predicted molar refractivity (Wildman–Crippen MR) is 61.3 cm³/mol. The van der Waals surface area contributed by atoms with Crippen LogP contribution in [0.25, 0.3) is 0 Å². The number of hydrogen-bond acceptors (Lipinski definition) is 5. The van der Waals surface area contributed by atoms with Gasteiger partial charge in [-0.15, -0.1) is 0 Å². The molecule has 5 heteroatoms. The van der Waals surface area contributed by atoms with Crippen molar-refractivity contribution in [1.82, 2.24) is 0 Å². The van der Waals surface area contributed by atoms with Gasteiger partial charge in [-0.3, -0.25) is 14.4 Å². The SMILES string of the molecule is O=C1OC(=O)[C@H]2[C@@H]1[C@H]1C(=O)C[C@@H]2c2ccc(O)cc21. The van der Waals surface area contributed by atoms with Gasteiger partial charge in [0.2, 0.25) is 0 Å². The number of rotatable bonds is 0. The molecule has 5 nitrogen and oxygen atoms in total. The number of ether oxygens (including phenoxy) is 1. The van der Waals surface area contributed by atoms with E-state index in [0.29, 0.717) is 5.56 Å². The molecule has 0 unspecified atom stereocenters. The summed E-state index contributed by atoms with van der Waals surface area (Å²) in [4.78, 5) is 35.7. The molecule has 0 amide bonds. The van der Waals surface area contributed by atoms with Gasteiger partial charge in [0.1, 0.15) is 11.5 Å². The summed E-state index contributed by atoms with van der Waals surface area (Å²) < 4.78 is 4.71. The van der Waals surface area contributed by atoms with Crippen LogP contribution in [-0.2, 0) is 19.1 Å². The third-order valence-electron chi connectivity index (χ3n) is 4.50. The number of esters is 2. The summed E-state index contributed by atoms with van der Waals surface area (Å²) in [6, 6.07) is 4.80. The van der Waals surface area contributed by atoms with Crippen molar-refractivity contribution in [2.45, 2.75) is 18.3 Å². The molecule has 3 aliphatic carbocycles. The highest BCUT2D eigenvalue weighted by Crippen LogP contribution is 2.57. The minimum absolute atomic E-state index is 0.0454. The molecule has 2 fully saturated rings. The van der Waals surface area contributed by atoms with Crippen molar-refractivity contribution in [2.75, 3.05) is 0 Å². The van der Waals surface area contributed by atoms with E-state index in [1.165, 1.54) is 6.07 Å². The summed E-state index contributed by atoms with van der Waals surface area (Å²) in [6.45, 7) is 0. The van der Waals surface area contributed by atoms with Gasteiger partial charge >= 0.3 is 11.9 Å². The van der Waals surface area contributed by atoms with Gasteiger partial charge in [-0.1, -0.05) is 6.07 Å². The summed E-state index contributed by atoms with van der Waals surface area (Å²) in [7, 11) is 0. The van der Waals surface area contributed by atoms with E-state index < -0.39 is 29.7 Å². The Morgan fingerprint density at radius 2 is 1.79 bits per heavy atom. The van der Waals surface area contributed by atoms with Crippen LogP contribution in [0.3, 0.4) is 0 Å². The zero-order valence-corrected chi connectivity index (χ0v) is 9.83. The number of cyclic esters (lactones) is 2. The number of aromatic hydroxyl groups is 1. The molecular weight excluding hydrogens is 248 g/mol. The van der Waals surface area contributed by atoms with Gasteiger partial charge in [-0.05, 0) is 23.3 Å². The van der Waals surface area contributed by atoms with Crippen LogP contribution in [0.1, 0.15) is 29.4 Å². The second-order valence-corrected chi connectivity index (χ2v) is 5.36. The Bertz CT molecular complexity index is 647. The molecule has 2 bridgehead atoms. The summed E-state index contributed by atoms with van der Waals surface area (Å²) in [5, 5.41) is 9.57. The van der Waals surface area contributed by atoms with Crippen LogP contribution >= 0.6 is 0 Å². The van der Waals surface area contributed by atoms with Crippen molar-refractivity contribution in [3.63, 3.8) is 0 Å². The van der Waals surface area contributed by atoms with Crippen LogP contribution in [0.15, 0.2) is 18.2 Å². The van der Waals surface area contributed by atoms with Crippen molar-refractivity contribution in [3.8, 4) is 5.75 Å². The maximum atomic E-state index is 12.1. The maximum Gasteiger partial charge on any atom is 0.318 e. The number of Topliss-reactive ketones (excluding diaryl/α,β-unsaturated/α-hetero) is 1. The molecule has 1 aliphatic heterocycles. The highest BCUT2D eigenvalue weighted by atomic mass is 16.6. The van der Waals surface area contributed by atoms with Crippen LogP contribution in [-0.4, -0.2) is 22.8 Å². The van der Waals surface area contributed by atoms with Crippen molar-refractivity contribution in [3.05, 3.63) is 29.3 Å². The first-order valence-electron chi connectivity index (χ1n) is 6.19. The number of fused-ring (bicyclic) bond motifs is 1. The summed E-state index contributed by atoms with van der Waals surface area (Å²) in [5.41, 5.74) is 1.56. The van der Waals surface area contributed by atoms with Crippen LogP contribution in [0.2, 0.25) is 0 Å². The Morgan fingerprint density at radius 1 is 1.05 bits per heavy atom. The Balaban J connectivity index is 1.98. The number of phenols is 1. The van der Waals surface area contributed by atoms with E-state index in [1.807, 2.05) is 0 Å². The molecule has 19 heavy (non-hydrogen) atoms. The maximum absolute atomic E-state index is 12.1. The number of phenolic OH excluding ortho intramolecular Hbond substituents is 1. The van der Waals surface area contributed by atoms with Gasteiger partial charge in [-0.25, -0.2) is 0 Å². The number of hydrogen-bond donors (Lipinski definition) is 1. The lowest BCUT2D eigenvalue weighted by Crippen LogP contribution is -2.44. The number of carbonyl (C=O) groups is 3. The Kier molecular flexibility index (Phi) is 1.82. The van der Waals surface area contributed by atoms with Crippen molar-refractivity contribution in [1.29, 1.82) is 0 Å². The lowest BCUT2D eigenvalue weighted by Gasteiger charge is -2.42. The van der Waals surface area contributed by atoms with E-state index >= 15 is 0 Å². The summed E-state index contributed by atoms with van der Waals surface area (Å²) in [6.07, 6.45) is 0.270. The number of carbonyl (C=O) groups excluding carboxylic acids is 3. The fourth-order valence-corrected chi connectivity index (χ4v) is 3.80. The van der Waals surface area contributed by atoms with E-state index in [1.54, 1.807) is 12.1 Å². The molecule has 1 aromatic rings. The molecular formula is C14H10O5. The first-order valence-corrected chi connectivity index (χ1v) is 6.19. The largest absolute Gasteiger partial charge is 0.508 e. The minimum atomic E-state index is -0.701. The molecule has 0 aromatic heterocycles. The molecule has 1 heterocycles. The lowest BCUT2D eigenvalue weighted by molar-refractivity contribution is -0.154. The predicted octanol–water partition coefficient (Wildman–Crippen LogP) is 0.862. The lowest BCUT2D eigenvalue weighted by atomic mass is 9.56. The van der Waals surface area contributed by atoms with Crippen molar-refractivity contribution < 1.29 is 24.2 Å². The van der Waals surface area contributed by atoms with E-state index in [9.17, 15) is 19.5 Å². The van der Waals surface area contributed by atoms with Gasteiger partial charge < -0.3 is 9.84 Å². The average Bonchev–Trinajstić information content (AvgIpc) is 2.66. The second kappa shape index (κ2) is 3.23. The zero-order chi connectivity index (χ0) is 13.3. The molecule has 0 radical (unpaired) electrons. The van der Waals surface area contributed by atoms with E-state index in [2.05, 4.69) is 0 Å². The second-order valence-electron chi connectivity index (χ2n) is 5.36. The number of benzene rings is 1. The Morgan fingerprint density at radius 3 is 2.58 bits per heavy atom. The van der Waals surface area contributed by atoms with E-state index in [4.69, 9.17) is 4.74 Å². The van der Waals surface area contributed by atoms with E-state index in [0.717, 1.165) is 5.56 Å². The molecule has 4 aliphatic rings. The molecule has 4 atom stereocenters. The molecule has 1 N–H and O–H groups in total. The standard InChI is InChI=1S/C14H10O5/c15-5-1-2-6-7(3-5)10-9(16)4-8(6)11-12(10)14(18)19-13(11)17/h1-3,8,10-12,15H,4H2/t8-,10-,11-,12+/m1/s1. The van der Waals surface area contributed by atoms with Crippen LogP contribution < -0.4 is 0 Å². The van der Waals surface area contributed by atoms with Gasteiger partial charge in [0, 0.05) is 12.3 Å². The molecule has 96 valence electrons. The molecule has 0 spiro atoms. The zero-order valence-electron chi connectivity index (χ0n) is 9.83. The molecule has 1 aromatic carbocycles. The third kappa shape index (κ3) is 1.17. The summed E-state index contributed by atoms with van der Waals surface area (Å²) >= 11 is 0. The van der Waals surface area contributed by atoms with Gasteiger partial charge in [0.25, 0.3) is 0 Å². The fraction of sp³-hybridized carbons (Fsp3) is 0.357. The highest BCUT2D eigenvalue weighted by Gasteiger charge is 2.61. The van der Waals surface area contributed by atoms with Crippen molar-refractivity contribution in [2.24, 2.45) is 11.8 Å². The first-order chi connectivity index (χ1) is 9.08. The van der Waals surface area contributed by atoms with Crippen molar-refractivity contribution >= 4 is 17.7 Å². The highest BCUT2D eigenvalue weighted by molar-refractivity contribution is 6.05. The first kappa shape index (κ1) is 10.7. The topological polar surface area (TPSA) is 80.7 Å². The van der Waals surface area contributed by atoms with Gasteiger partial charge in [0.15, 0.2) is 0 Å². The summed E-state index contributed by atoms with van der Waals surface area (Å²) in [5.74, 6) is -3.28. The quantitative estimate of drug-likeness (QED) is 0.551. The average molecular weight is 258 g/mol. The monoisotopic (exact) mass is 258 g/mol. The minimum Gasteiger partial charge on any atom is -0.508 e. The van der Waals surface area contributed by atoms with Crippen LogP contribution in [0.5, 0.6) is 5.75 Å². The molecule has 1 saturated heterocycles. The Labute approximate surface area is 108 Å². The number of ketones is 1.